The number of rotatable bonds is 0. The molecule has 2 aliphatic heterocycles. The molecule has 3 aliphatic rings. The number of pyridine rings is 2. The summed E-state index contributed by atoms with van der Waals surface area (Å²) in [6.07, 6.45) is 15.2. The van der Waals surface area contributed by atoms with E-state index in [0.717, 1.165) is 40.7 Å². The summed E-state index contributed by atoms with van der Waals surface area (Å²) in [6.45, 7) is 8.65. The first-order valence-corrected chi connectivity index (χ1v) is 14.1. The van der Waals surface area contributed by atoms with Crippen LogP contribution in [0.5, 0.6) is 0 Å². The fourth-order valence-electron chi connectivity index (χ4n) is 4.77. The fraction of sp³-hybridized carbons (Fsp3) is 0.286. The van der Waals surface area contributed by atoms with Gasteiger partial charge in [-0.1, -0.05) is 36.8 Å². The van der Waals surface area contributed by atoms with Crippen molar-refractivity contribution in [1.82, 2.24) is 9.97 Å². The number of hydrogen-bond acceptors (Lipinski definition) is 7. The van der Waals surface area contributed by atoms with Gasteiger partial charge in [-0.25, -0.2) is 0 Å². The molecule has 3 aromatic rings. The zero-order valence-electron chi connectivity index (χ0n) is 22.1. The van der Waals surface area contributed by atoms with Gasteiger partial charge in [-0.3, -0.25) is 29.1 Å². The molecule has 6 rings (SSSR count). The van der Waals surface area contributed by atoms with Gasteiger partial charge in [-0.2, -0.15) is 8.42 Å². The molecular formula is C28H30N4O5SV. The molecule has 4 heterocycles. The second kappa shape index (κ2) is 13.3. The van der Waals surface area contributed by atoms with Crippen LogP contribution in [0.25, 0.3) is 17.0 Å². The number of aryl methyl sites for hydroxylation is 2. The maximum absolute atomic E-state index is 8.74. The second-order valence-electron chi connectivity index (χ2n) is 9.39. The standard InChI is InChI=1S/2C14H14N2.H2O4S.O.V/c2*1-9-5-7-15-13-11(9)3-4-12-10(2)6-8-16-14(12)13;1-5(2,3)4;;/h3-5,7-8,10H,6H2,1-2H3;3-8,11,13H,1-2H3;(H2,1,2,3,4);;. The fourth-order valence-corrected chi connectivity index (χ4v) is 4.77. The first kappa shape index (κ1) is 30.4. The normalized spacial score (nSPS) is 19.9. The summed E-state index contributed by atoms with van der Waals surface area (Å²) in [5.41, 5.74) is 9.72. The Morgan fingerprint density at radius 1 is 0.974 bits per heavy atom. The van der Waals surface area contributed by atoms with E-state index in [2.05, 4.69) is 84.1 Å². The minimum atomic E-state index is -4.67. The zero-order chi connectivity index (χ0) is 28.7. The van der Waals surface area contributed by atoms with Crippen molar-refractivity contribution in [2.24, 2.45) is 15.9 Å². The van der Waals surface area contributed by atoms with Crippen molar-refractivity contribution < 1.29 is 38.6 Å². The number of dihydropyridines is 1. The summed E-state index contributed by atoms with van der Waals surface area (Å²) < 4.78 is 39.8. The molecule has 3 atom stereocenters. The van der Waals surface area contributed by atoms with Crippen molar-refractivity contribution in [1.29, 1.82) is 0 Å². The third-order valence-corrected chi connectivity index (χ3v) is 6.79. The number of aromatic nitrogens is 2. The van der Waals surface area contributed by atoms with E-state index in [1.54, 1.807) is 0 Å². The molecule has 2 N–H and O–H groups in total. The van der Waals surface area contributed by atoms with Crippen LogP contribution in [0.4, 0.5) is 5.69 Å². The van der Waals surface area contributed by atoms with Gasteiger partial charge in [-0.05, 0) is 68.0 Å². The Balaban J connectivity index is 0.000000175. The van der Waals surface area contributed by atoms with E-state index in [1.807, 2.05) is 30.9 Å². The summed E-state index contributed by atoms with van der Waals surface area (Å²) >= 11 is 1.06. The number of allylic oxidation sites excluding steroid dienone is 1. The molecule has 0 radical (unpaired) electrons. The van der Waals surface area contributed by atoms with Gasteiger partial charge in [0, 0.05) is 41.7 Å². The summed E-state index contributed by atoms with van der Waals surface area (Å²) in [5, 5.41) is 1.22. The average Bonchev–Trinajstić information content (AvgIpc) is 2.90. The Morgan fingerprint density at radius 3 is 2.36 bits per heavy atom. The van der Waals surface area contributed by atoms with Crippen LogP contribution in [-0.2, 0) is 31.4 Å². The summed E-state index contributed by atoms with van der Waals surface area (Å²) in [5.74, 6) is 0.950. The number of hydrogen-bond donors (Lipinski definition) is 2. The average molecular weight is 586 g/mol. The van der Waals surface area contributed by atoms with Crippen LogP contribution < -0.4 is 0 Å². The number of benzene rings is 1. The van der Waals surface area contributed by atoms with Crippen molar-refractivity contribution in [3.8, 4) is 0 Å². The van der Waals surface area contributed by atoms with E-state index >= 15 is 0 Å². The molecule has 0 bridgehead atoms. The molecule has 1 aromatic carbocycles. The van der Waals surface area contributed by atoms with Crippen LogP contribution in [0.15, 0.2) is 64.4 Å². The van der Waals surface area contributed by atoms with Crippen LogP contribution in [0.3, 0.4) is 0 Å². The van der Waals surface area contributed by atoms with Gasteiger partial charge in [0.25, 0.3) is 0 Å². The first-order chi connectivity index (χ1) is 18.5. The van der Waals surface area contributed by atoms with Crippen molar-refractivity contribution in [2.45, 2.75) is 46.1 Å². The molecule has 39 heavy (non-hydrogen) atoms. The van der Waals surface area contributed by atoms with E-state index in [-0.39, 0.29) is 6.04 Å². The molecular weight excluding hydrogens is 555 g/mol. The Bertz CT molecular complexity index is 1580. The Hall–Kier alpha value is -3.15. The number of aliphatic imine (C=N–C) groups is 2. The van der Waals surface area contributed by atoms with Crippen LogP contribution in [0.1, 0.15) is 60.2 Å². The Kier molecular flexibility index (Phi) is 10.3. The van der Waals surface area contributed by atoms with Crippen molar-refractivity contribution in [3.63, 3.8) is 0 Å². The van der Waals surface area contributed by atoms with Crippen molar-refractivity contribution in [2.75, 3.05) is 0 Å². The SMILES string of the molecule is CC1=CC=NC2c3nccc(C)c3C=CC12.Cc1ccnc2c3c(ccc12)C(C)CC=N3.O=S(=O)(O)O.[O]=[V]. The third-order valence-electron chi connectivity index (χ3n) is 6.79. The molecule has 9 nitrogen and oxygen atoms in total. The predicted molar refractivity (Wildman–Crippen MR) is 149 cm³/mol. The van der Waals surface area contributed by atoms with Gasteiger partial charge in [-0.15, -0.1) is 0 Å². The van der Waals surface area contributed by atoms with E-state index in [4.69, 9.17) is 21.2 Å². The quantitative estimate of drug-likeness (QED) is 0.304. The monoisotopic (exact) mass is 585 g/mol. The molecule has 0 spiro atoms. The van der Waals surface area contributed by atoms with E-state index < -0.39 is 10.4 Å². The molecule has 1 aliphatic carbocycles. The second-order valence-corrected chi connectivity index (χ2v) is 10.3. The van der Waals surface area contributed by atoms with Gasteiger partial charge in [0.15, 0.2) is 0 Å². The van der Waals surface area contributed by atoms with Crippen LogP contribution in [0, 0.1) is 19.8 Å². The summed E-state index contributed by atoms with van der Waals surface area (Å²) in [7, 11) is -4.67. The summed E-state index contributed by atoms with van der Waals surface area (Å²) in [6, 6.07) is 8.66. The first-order valence-electron chi connectivity index (χ1n) is 12.2. The van der Waals surface area contributed by atoms with E-state index in [1.165, 1.54) is 33.2 Å². The van der Waals surface area contributed by atoms with E-state index in [9.17, 15) is 0 Å². The molecule has 2 aromatic heterocycles. The van der Waals surface area contributed by atoms with Crippen LogP contribution in [0.2, 0.25) is 0 Å². The number of fused-ring (bicyclic) bond motifs is 6. The van der Waals surface area contributed by atoms with Crippen LogP contribution in [-0.4, -0.2) is 39.9 Å². The van der Waals surface area contributed by atoms with Gasteiger partial charge in [0.2, 0.25) is 0 Å². The molecule has 0 amide bonds. The van der Waals surface area contributed by atoms with Crippen LogP contribution >= 0.6 is 0 Å². The minimum absolute atomic E-state index is 0.185. The van der Waals surface area contributed by atoms with Gasteiger partial charge < -0.3 is 0 Å². The molecule has 0 saturated heterocycles. The molecule has 11 heteroatoms. The zero-order valence-corrected chi connectivity index (χ0v) is 24.3. The Labute approximate surface area is 237 Å². The van der Waals surface area contributed by atoms with Gasteiger partial charge in [0.1, 0.15) is 6.04 Å². The molecule has 0 saturated carbocycles. The maximum atomic E-state index is 8.74. The van der Waals surface area contributed by atoms with Crippen molar-refractivity contribution in [3.05, 3.63) is 82.3 Å². The van der Waals surface area contributed by atoms with Gasteiger partial charge in [0.05, 0.1) is 16.9 Å². The third kappa shape index (κ3) is 7.49. The number of nitrogens with zero attached hydrogens (tertiary/aromatic N) is 4. The summed E-state index contributed by atoms with van der Waals surface area (Å²) in [4.78, 5) is 18.1. The topological polar surface area (TPSA) is 142 Å². The van der Waals surface area contributed by atoms with Crippen molar-refractivity contribution >= 4 is 45.5 Å². The van der Waals surface area contributed by atoms with Gasteiger partial charge >= 0.3 is 31.4 Å². The molecule has 3 unspecified atom stereocenters. The molecule has 0 fully saturated rings. The Morgan fingerprint density at radius 2 is 1.64 bits per heavy atom. The van der Waals surface area contributed by atoms with E-state index in [0.29, 0.717) is 11.8 Å². The molecule has 203 valence electrons. The predicted octanol–water partition coefficient (Wildman–Crippen LogP) is 6.08.